The first kappa shape index (κ1) is 13.1. The molecular weight excluding hydrogens is 226 g/mol. The molecule has 0 aromatic heterocycles. The summed E-state index contributed by atoms with van der Waals surface area (Å²) in [6, 6.07) is 6.24. The van der Waals surface area contributed by atoms with Crippen LogP contribution in [0.1, 0.15) is 36.5 Å². The standard InChI is InChI=1S/C15H21NO2/c1-11-6-4-7-13(12(11)2)10-16-9-5-8-15(16,3)14(17)18/h4,6-7H,5,8-10H2,1-3H3,(H,17,18). The van der Waals surface area contributed by atoms with E-state index in [1.54, 1.807) is 0 Å². The lowest BCUT2D eigenvalue weighted by Gasteiger charge is -2.31. The predicted octanol–water partition coefficient (Wildman–Crippen LogP) is 2.74. The van der Waals surface area contributed by atoms with Crippen LogP contribution in [-0.2, 0) is 11.3 Å². The topological polar surface area (TPSA) is 40.5 Å². The first-order chi connectivity index (χ1) is 8.45. The highest BCUT2D eigenvalue weighted by Crippen LogP contribution is 2.31. The van der Waals surface area contributed by atoms with Crippen LogP contribution in [0.5, 0.6) is 0 Å². The Morgan fingerprint density at radius 3 is 2.83 bits per heavy atom. The summed E-state index contributed by atoms with van der Waals surface area (Å²) in [5.41, 5.74) is 3.08. The fraction of sp³-hybridized carbons (Fsp3) is 0.533. The van der Waals surface area contributed by atoms with Gasteiger partial charge in [0.2, 0.25) is 0 Å². The Morgan fingerprint density at radius 1 is 1.44 bits per heavy atom. The van der Waals surface area contributed by atoms with Crippen molar-refractivity contribution in [3.63, 3.8) is 0 Å². The molecule has 1 aromatic rings. The summed E-state index contributed by atoms with van der Waals surface area (Å²) < 4.78 is 0. The number of nitrogens with zero attached hydrogens (tertiary/aromatic N) is 1. The van der Waals surface area contributed by atoms with Gasteiger partial charge in [-0.05, 0) is 56.8 Å². The average Bonchev–Trinajstić information content (AvgIpc) is 2.68. The third kappa shape index (κ3) is 2.15. The molecular formula is C15H21NO2. The average molecular weight is 247 g/mol. The lowest BCUT2D eigenvalue weighted by Crippen LogP contribution is -2.47. The molecule has 1 atom stereocenters. The second-order valence-electron chi connectivity index (χ2n) is 5.46. The Kier molecular flexibility index (Phi) is 3.44. The van der Waals surface area contributed by atoms with Crippen LogP contribution in [0, 0.1) is 13.8 Å². The van der Waals surface area contributed by atoms with Gasteiger partial charge in [0, 0.05) is 6.54 Å². The van der Waals surface area contributed by atoms with E-state index in [-0.39, 0.29) is 0 Å². The number of carbonyl (C=O) groups is 1. The third-order valence-corrected chi connectivity index (χ3v) is 4.33. The van der Waals surface area contributed by atoms with E-state index in [1.807, 2.05) is 13.0 Å². The van der Waals surface area contributed by atoms with Gasteiger partial charge < -0.3 is 5.11 Å². The van der Waals surface area contributed by atoms with Crippen molar-refractivity contribution in [1.29, 1.82) is 0 Å². The Hall–Kier alpha value is -1.35. The number of benzene rings is 1. The van der Waals surface area contributed by atoms with Crippen molar-refractivity contribution in [2.45, 2.75) is 45.7 Å². The van der Waals surface area contributed by atoms with Gasteiger partial charge in [0.25, 0.3) is 0 Å². The molecule has 1 fully saturated rings. The Morgan fingerprint density at radius 2 is 2.17 bits per heavy atom. The number of hydrogen-bond acceptors (Lipinski definition) is 2. The van der Waals surface area contributed by atoms with E-state index >= 15 is 0 Å². The molecule has 1 saturated heterocycles. The van der Waals surface area contributed by atoms with Gasteiger partial charge in [-0.1, -0.05) is 18.2 Å². The van der Waals surface area contributed by atoms with Crippen LogP contribution in [0.2, 0.25) is 0 Å². The molecule has 1 aliphatic heterocycles. The van der Waals surface area contributed by atoms with Crippen molar-refractivity contribution in [2.75, 3.05) is 6.54 Å². The monoisotopic (exact) mass is 247 g/mol. The molecule has 3 nitrogen and oxygen atoms in total. The lowest BCUT2D eigenvalue weighted by molar-refractivity contribution is -0.148. The molecule has 0 radical (unpaired) electrons. The summed E-state index contributed by atoms with van der Waals surface area (Å²) in [6.45, 7) is 7.65. The molecule has 1 aromatic carbocycles. The lowest BCUT2D eigenvalue weighted by atomic mass is 9.97. The quantitative estimate of drug-likeness (QED) is 0.892. The SMILES string of the molecule is Cc1cccc(CN2CCCC2(C)C(=O)O)c1C. The Bertz CT molecular complexity index is 470. The van der Waals surface area contributed by atoms with Crippen molar-refractivity contribution < 1.29 is 9.90 Å². The minimum atomic E-state index is -0.703. The van der Waals surface area contributed by atoms with Crippen LogP contribution in [-0.4, -0.2) is 28.1 Å². The van der Waals surface area contributed by atoms with E-state index < -0.39 is 11.5 Å². The number of carboxylic acid groups (broad SMARTS) is 1. The number of rotatable bonds is 3. The maximum Gasteiger partial charge on any atom is 0.323 e. The van der Waals surface area contributed by atoms with E-state index in [1.165, 1.54) is 16.7 Å². The number of aryl methyl sites for hydroxylation is 1. The van der Waals surface area contributed by atoms with E-state index in [0.29, 0.717) is 0 Å². The van der Waals surface area contributed by atoms with E-state index in [0.717, 1.165) is 25.9 Å². The zero-order valence-electron chi connectivity index (χ0n) is 11.4. The molecule has 2 rings (SSSR count). The molecule has 0 saturated carbocycles. The smallest absolute Gasteiger partial charge is 0.323 e. The van der Waals surface area contributed by atoms with Crippen LogP contribution >= 0.6 is 0 Å². The molecule has 3 heteroatoms. The molecule has 1 heterocycles. The maximum absolute atomic E-state index is 11.4. The summed E-state index contributed by atoms with van der Waals surface area (Å²) in [5.74, 6) is -0.703. The molecule has 0 aliphatic carbocycles. The van der Waals surface area contributed by atoms with Crippen LogP contribution in [0.25, 0.3) is 0 Å². The molecule has 1 N–H and O–H groups in total. The van der Waals surface area contributed by atoms with Crippen molar-refractivity contribution >= 4 is 5.97 Å². The van der Waals surface area contributed by atoms with Gasteiger partial charge in [0.05, 0.1) is 0 Å². The Balaban J connectivity index is 2.24. The zero-order valence-corrected chi connectivity index (χ0v) is 11.4. The van der Waals surface area contributed by atoms with Crippen molar-refractivity contribution in [2.24, 2.45) is 0 Å². The third-order valence-electron chi connectivity index (χ3n) is 4.33. The summed E-state index contributed by atoms with van der Waals surface area (Å²) >= 11 is 0. The summed E-state index contributed by atoms with van der Waals surface area (Å²) in [4.78, 5) is 13.5. The van der Waals surface area contributed by atoms with E-state index in [4.69, 9.17) is 0 Å². The summed E-state index contributed by atoms with van der Waals surface area (Å²) in [6.07, 6.45) is 1.71. The molecule has 1 unspecified atom stereocenters. The van der Waals surface area contributed by atoms with Crippen molar-refractivity contribution in [1.82, 2.24) is 4.90 Å². The largest absolute Gasteiger partial charge is 0.480 e. The number of aliphatic carboxylic acids is 1. The normalized spacial score (nSPS) is 24.4. The minimum Gasteiger partial charge on any atom is -0.480 e. The molecule has 18 heavy (non-hydrogen) atoms. The fourth-order valence-corrected chi connectivity index (χ4v) is 2.70. The number of likely N-dealkylation sites (tertiary alicyclic amines) is 1. The maximum atomic E-state index is 11.4. The van der Waals surface area contributed by atoms with Gasteiger partial charge >= 0.3 is 5.97 Å². The van der Waals surface area contributed by atoms with Gasteiger partial charge in [0.1, 0.15) is 5.54 Å². The van der Waals surface area contributed by atoms with E-state index in [2.05, 4.69) is 30.9 Å². The fourth-order valence-electron chi connectivity index (χ4n) is 2.70. The summed E-state index contributed by atoms with van der Waals surface area (Å²) in [5, 5.41) is 9.40. The van der Waals surface area contributed by atoms with E-state index in [9.17, 15) is 9.90 Å². The first-order valence-electron chi connectivity index (χ1n) is 6.48. The molecule has 98 valence electrons. The highest BCUT2D eigenvalue weighted by molar-refractivity contribution is 5.78. The zero-order chi connectivity index (χ0) is 13.3. The van der Waals surface area contributed by atoms with Gasteiger partial charge in [-0.25, -0.2) is 0 Å². The number of hydrogen-bond donors (Lipinski definition) is 1. The van der Waals surface area contributed by atoms with Crippen LogP contribution in [0.15, 0.2) is 18.2 Å². The molecule has 0 amide bonds. The van der Waals surface area contributed by atoms with Gasteiger partial charge in [-0.3, -0.25) is 9.69 Å². The van der Waals surface area contributed by atoms with Crippen LogP contribution in [0.3, 0.4) is 0 Å². The first-order valence-corrected chi connectivity index (χ1v) is 6.48. The van der Waals surface area contributed by atoms with Gasteiger partial charge in [-0.2, -0.15) is 0 Å². The second-order valence-corrected chi connectivity index (χ2v) is 5.46. The Labute approximate surface area is 108 Å². The van der Waals surface area contributed by atoms with Gasteiger partial charge in [-0.15, -0.1) is 0 Å². The highest BCUT2D eigenvalue weighted by Gasteiger charge is 2.43. The van der Waals surface area contributed by atoms with Crippen LogP contribution in [0.4, 0.5) is 0 Å². The second kappa shape index (κ2) is 4.73. The van der Waals surface area contributed by atoms with Crippen molar-refractivity contribution in [3.8, 4) is 0 Å². The van der Waals surface area contributed by atoms with Gasteiger partial charge in [0.15, 0.2) is 0 Å². The summed E-state index contributed by atoms with van der Waals surface area (Å²) in [7, 11) is 0. The minimum absolute atomic E-state index is 0.698. The van der Waals surface area contributed by atoms with Crippen molar-refractivity contribution in [3.05, 3.63) is 34.9 Å². The highest BCUT2D eigenvalue weighted by atomic mass is 16.4. The van der Waals surface area contributed by atoms with Crippen LogP contribution < -0.4 is 0 Å². The molecule has 0 spiro atoms. The molecule has 1 aliphatic rings. The number of carboxylic acids is 1. The molecule has 0 bridgehead atoms. The predicted molar refractivity (Wildman–Crippen MR) is 71.6 cm³/mol.